The molecule has 0 atom stereocenters. The van der Waals surface area contributed by atoms with Crippen molar-refractivity contribution in [1.82, 2.24) is 19.8 Å². The molecule has 2 aliphatic carbocycles. The molecule has 4 aromatic carbocycles. The summed E-state index contributed by atoms with van der Waals surface area (Å²) in [4.78, 5) is 113. The van der Waals surface area contributed by atoms with Gasteiger partial charge in [-0.1, -0.05) is 144 Å². The molecule has 0 N–H and O–H groups in total. The van der Waals surface area contributed by atoms with E-state index >= 15 is 19.2 Å². The molecule has 6 aromatic rings. The number of nitrogens with zero attached hydrogens (tertiary/aromatic N) is 10. The van der Waals surface area contributed by atoms with E-state index in [1.165, 1.54) is 9.80 Å². The standard InChI is InChI=1S/C58H38N10O10S4/c1-3-67-47(69)45(81-49(67)37(25-59)26-60)65-55-63-43-41(79-55)39-40(57(43,51(71)75-29-33-17-9-5-10-18-33)52(72)76-30-34-19-11-6-12-20-34)42-44(64-56(80-42)66-46-48(70)68(4-2)50(82-46)38(27-61)28-62)58(39,53(73)77-31-35-21-13-7-14-22-35)54(74)78-32-36-23-15-8-16-24-36/h5-24H,3-4,29-32H2,1-2H3/b65-45+,66-46+. The maximum absolute atomic E-state index is 16.0. The van der Waals surface area contributed by atoms with E-state index < -0.39 is 84.3 Å². The Labute approximate surface area is 483 Å². The summed E-state index contributed by atoms with van der Waals surface area (Å²) in [6.45, 7) is 1.63. The average molecular weight is 1160 g/mol. The van der Waals surface area contributed by atoms with Gasteiger partial charge in [0.1, 0.15) is 60.8 Å². The molecule has 0 saturated carbocycles. The minimum absolute atomic E-state index is 0.00335. The lowest BCUT2D eigenvalue weighted by Crippen LogP contribution is -2.46. The molecule has 2 saturated heterocycles. The van der Waals surface area contributed by atoms with Crippen molar-refractivity contribution < 1.29 is 47.7 Å². The quantitative estimate of drug-likeness (QED) is 0.0378. The van der Waals surface area contributed by atoms with E-state index in [2.05, 4.69) is 9.98 Å². The number of thioether (sulfide) groups is 2. The van der Waals surface area contributed by atoms with Crippen LogP contribution < -0.4 is 0 Å². The highest BCUT2D eigenvalue weighted by atomic mass is 32.2. The molecule has 0 spiro atoms. The SMILES string of the molecule is CCN1C(=O)/C(=N\c2nc3c(s2)C2=C(c4sc(/N=C5/SC(=C(C#N)C#N)N(CC)C5=O)nc4C2(C(=O)OCc2ccccc2)C(=O)OCc2ccccc2)C3(C(=O)OCc2ccccc2)C(=O)OCc2ccccc2)SC1=C(C#N)C#N. The molecule has 24 heteroatoms. The summed E-state index contributed by atoms with van der Waals surface area (Å²) in [6, 6.07) is 41.3. The van der Waals surface area contributed by atoms with Crippen molar-refractivity contribution in [1.29, 1.82) is 21.0 Å². The van der Waals surface area contributed by atoms with E-state index in [0.29, 0.717) is 44.9 Å². The summed E-state index contributed by atoms with van der Waals surface area (Å²) >= 11 is 2.80. The largest absolute Gasteiger partial charge is 0.459 e. The Morgan fingerprint density at radius 2 is 0.768 bits per heavy atom. The van der Waals surface area contributed by atoms with Crippen molar-refractivity contribution in [3.05, 3.63) is 186 Å². The molecule has 0 radical (unpaired) electrons. The lowest BCUT2D eigenvalue weighted by Gasteiger charge is -2.27. The number of benzene rings is 4. The molecule has 0 unspecified atom stereocenters. The Morgan fingerprint density at radius 1 is 0.488 bits per heavy atom. The molecule has 2 aromatic heterocycles. The molecule has 10 rings (SSSR count). The predicted molar refractivity (Wildman–Crippen MR) is 300 cm³/mol. The van der Waals surface area contributed by atoms with E-state index in [0.717, 1.165) is 23.5 Å². The lowest BCUT2D eigenvalue weighted by atomic mass is 9.79. The van der Waals surface area contributed by atoms with Crippen LogP contribution in [0.1, 0.15) is 57.2 Å². The molecule has 4 heterocycles. The fraction of sp³-hybridized carbons (Fsp3) is 0.172. The van der Waals surface area contributed by atoms with Crippen LogP contribution in [-0.2, 0) is 85.0 Å². The lowest BCUT2D eigenvalue weighted by molar-refractivity contribution is -0.165. The normalized spacial score (nSPS) is 16.2. The van der Waals surface area contributed by atoms with Crippen LogP contribution in [0.3, 0.4) is 0 Å². The van der Waals surface area contributed by atoms with Gasteiger partial charge in [-0.05, 0) is 59.6 Å². The Bertz CT molecular complexity index is 3600. The zero-order chi connectivity index (χ0) is 57.7. The van der Waals surface area contributed by atoms with Crippen LogP contribution in [0.25, 0.3) is 11.1 Å². The van der Waals surface area contributed by atoms with Crippen LogP contribution in [0.4, 0.5) is 10.3 Å². The summed E-state index contributed by atoms with van der Waals surface area (Å²) in [7, 11) is 0. The van der Waals surface area contributed by atoms with Crippen LogP contribution >= 0.6 is 46.2 Å². The van der Waals surface area contributed by atoms with Gasteiger partial charge in [-0.2, -0.15) is 21.0 Å². The van der Waals surface area contributed by atoms with Gasteiger partial charge in [0.2, 0.25) is 21.1 Å². The van der Waals surface area contributed by atoms with Crippen LogP contribution in [0, 0.1) is 45.3 Å². The molecule has 0 bridgehead atoms. The Kier molecular flexibility index (Phi) is 15.9. The van der Waals surface area contributed by atoms with Gasteiger partial charge in [-0.15, -0.1) is 0 Å². The number of carbonyl (C=O) groups excluding carboxylic acids is 6. The number of fused-ring (bicyclic) bond motifs is 4. The fourth-order valence-electron chi connectivity index (χ4n) is 9.33. The number of aliphatic imine (C=N–C) groups is 2. The molecular formula is C58H38N10O10S4. The van der Waals surface area contributed by atoms with E-state index in [9.17, 15) is 30.6 Å². The summed E-state index contributed by atoms with van der Waals surface area (Å²) in [5, 5.41) is 38.3. The Morgan fingerprint density at radius 3 is 1.02 bits per heavy atom. The number of aromatic nitrogens is 2. The average Bonchev–Trinajstić information content (AvgIpc) is 1.58. The highest BCUT2D eigenvalue weighted by Gasteiger charge is 2.73. The van der Waals surface area contributed by atoms with Crippen molar-refractivity contribution >= 4 is 113 Å². The summed E-state index contributed by atoms with van der Waals surface area (Å²) in [5.41, 5.74) is -6.08. The number of hydrogen-bond donors (Lipinski definition) is 0. The smallest absolute Gasteiger partial charge is 0.334 e. The zero-order valence-corrected chi connectivity index (χ0v) is 46.2. The van der Waals surface area contributed by atoms with E-state index in [-0.39, 0.29) is 75.5 Å². The van der Waals surface area contributed by atoms with Crippen molar-refractivity contribution in [3.8, 4) is 24.3 Å². The van der Waals surface area contributed by atoms with Gasteiger partial charge < -0.3 is 18.9 Å². The number of allylic oxidation sites excluding steroid dienone is 2. The van der Waals surface area contributed by atoms with E-state index in [1.807, 2.05) is 0 Å². The first-order chi connectivity index (χ1) is 39.9. The predicted octanol–water partition coefficient (Wildman–Crippen LogP) is 8.75. The number of carbonyl (C=O) groups is 6. The Hall–Kier alpha value is -9.82. The second-order valence-corrected chi connectivity index (χ2v) is 21.7. The summed E-state index contributed by atoms with van der Waals surface area (Å²) in [6.07, 6.45) is 0. The minimum Gasteiger partial charge on any atom is -0.459 e. The van der Waals surface area contributed by atoms with Gasteiger partial charge in [0.25, 0.3) is 11.8 Å². The number of rotatable bonds is 16. The molecule has 404 valence electrons. The fourth-order valence-corrected chi connectivity index (χ4v) is 13.7. The van der Waals surface area contributed by atoms with Crippen LogP contribution in [0.5, 0.6) is 0 Å². The highest BCUT2D eigenvalue weighted by Crippen LogP contribution is 2.67. The number of esters is 4. The number of hydrogen-bond acceptors (Lipinski definition) is 22. The van der Waals surface area contributed by atoms with Crippen LogP contribution in [0.15, 0.2) is 153 Å². The first-order valence-corrected chi connectivity index (χ1v) is 28.0. The van der Waals surface area contributed by atoms with E-state index in [4.69, 9.17) is 28.9 Å². The maximum Gasteiger partial charge on any atom is 0.334 e. The van der Waals surface area contributed by atoms with Crippen molar-refractivity contribution in [2.45, 2.75) is 51.1 Å². The van der Waals surface area contributed by atoms with Crippen LogP contribution in [-0.4, -0.2) is 78.6 Å². The van der Waals surface area contributed by atoms with Gasteiger partial charge >= 0.3 is 23.9 Å². The second-order valence-electron chi connectivity index (χ2n) is 17.8. The van der Waals surface area contributed by atoms with Crippen molar-refractivity contribution in [2.24, 2.45) is 9.98 Å². The molecular weight excluding hydrogens is 1120 g/mol. The number of amides is 2. The topological polar surface area (TPSA) is 291 Å². The first-order valence-electron chi connectivity index (χ1n) is 24.8. The molecule has 20 nitrogen and oxygen atoms in total. The summed E-state index contributed by atoms with van der Waals surface area (Å²) < 4.78 is 24.7. The van der Waals surface area contributed by atoms with Gasteiger partial charge in [-0.3, -0.25) is 38.6 Å². The van der Waals surface area contributed by atoms with Crippen molar-refractivity contribution in [2.75, 3.05) is 13.1 Å². The first kappa shape index (κ1) is 55.5. The molecule has 82 heavy (non-hydrogen) atoms. The third-order valence-electron chi connectivity index (χ3n) is 13.1. The third kappa shape index (κ3) is 9.69. The Balaban J connectivity index is 1.27. The van der Waals surface area contributed by atoms with Crippen LogP contribution in [0.2, 0.25) is 0 Å². The number of ether oxygens (including phenoxy) is 4. The zero-order valence-electron chi connectivity index (χ0n) is 43.0. The number of thiazole rings is 2. The van der Waals surface area contributed by atoms with Gasteiger partial charge in [-0.25, -0.2) is 20.0 Å². The van der Waals surface area contributed by atoms with Crippen molar-refractivity contribution in [3.63, 3.8) is 0 Å². The second kappa shape index (κ2) is 23.5. The maximum atomic E-state index is 16.0. The number of nitriles is 4. The van der Waals surface area contributed by atoms with E-state index in [1.54, 1.807) is 159 Å². The molecule has 2 aliphatic heterocycles. The van der Waals surface area contributed by atoms with Gasteiger partial charge in [0.05, 0.1) is 21.1 Å². The summed E-state index contributed by atoms with van der Waals surface area (Å²) in [5.74, 6) is -6.58. The highest BCUT2D eigenvalue weighted by molar-refractivity contribution is 8.20. The molecule has 2 amide bonds. The van der Waals surface area contributed by atoms with Gasteiger partial charge in [0, 0.05) is 24.2 Å². The monoisotopic (exact) mass is 1160 g/mol. The minimum atomic E-state index is -2.89. The third-order valence-corrected chi connectivity index (χ3v) is 17.2. The van der Waals surface area contributed by atoms with Gasteiger partial charge in [0.15, 0.2) is 21.2 Å². The molecule has 2 fully saturated rings. The molecule has 4 aliphatic rings.